The van der Waals surface area contributed by atoms with E-state index in [1.165, 1.54) is 18.2 Å². The smallest absolute Gasteiger partial charge is 0.198 e. The number of aliphatic hydroxyl groups excluding tert-OH is 2. The average molecular weight is 400 g/mol. The van der Waals surface area contributed by atoms with E-state index in [4.69, 9.17) is 10.2 Å². The molecule has 0 atom stereocenters. The molecule has 0 aromatic heterocycles. The van der Waals surface area contributed by atoms with Crippen LogP contribution < -0.4 is 5.32 Å². The molecule has 29 heavy (non-hydrogen) atoms. The first-order chi connectivity index (χ1) is 14.0. The average Bonchev–Trinajstić information content (AvgIpc) is 2.71. The zero-order valence-electron chi connectivity index (χ0n) is 15.9. The summed E-state index contributed by atoms with van der Waals surface area (Å²) in [6, 6.07) is 7.56. The third-order valence-corrected chi connectivity index (χ3v) is 4.95. The highest BCUT2D eigenvalue weighted by Crippen LogP contribution is 2.42. The summed E-state index contributed by atoms with van der Waals surface area (Å²) in [7, 11) is 0. The minimum absolute atomic E-state index is 0.00940. The third-order valence-electron chi connectivity index (χ3n) is 4.95. The van der Waals surface area contributed by atoms with Crippen LogP contribution in [0.1, 0.15) is 38.3 Å². The van der Waals surface area contributed by atoms with Gasteiger partial charge in [0.2, 0.25) is 0 Å². The van der Waals surface area contributed by atoms with E-state index in [0.717, 1.165) is 0 Å². The zero-order valence-corrected chi connectivity index (χ0v) is 15.9. The third kappa shape index (κ3) is 4.09. The summed E-state index contributed by atoms with van der Waals surface area (Å²) in [6.45, 7) is 1.90. The first kappa shape index (κ1) is 20.8. The van der Waals surface area contributed by atoms with E-state index in [1.54, 1.807) is 12.1 Å². The summed E-state index contributed by atoms with van der Waals surface area (Å²) in [5.41, 5.74) is 0.179. The Bertz CT molecular complexity index is 922. The summed E-state index contributed by atoms with van der Waals surface area (Å²) < 4.78 is 0. The number of ketones is 2. The Morgan fingerprint density at radius 1 is 0.862 bits per heavy atom. The number of aromatic hydroxyl groups is 2. The van der Waals surface area contributed by atoms with Crippen LogP contribution in [0, 0.1) is 0 Å². The normalized spacial score (nSPS) is 12.8. The number of nitrogens with one attached hydrogen (secondary N) is 1. The van der Waals surface area contributed by atoms with Gasteiger partial charge >= 0.3 is 0 Å². The Labute approximate surface area is 168 Å². The number of hydrogen-bond acceptors (Lipinski definition) is 8. The van der Waals surface area contributed by atoms with Gasteiger partial charge in [-0.05, 0) is 13.0 Å². The summed E-state index contributed by atoms with van der Waals surface area (Å²) >= 11 is 0. The predicted molar refractivity (Wildman–Crippen MR) is 107 cm³/mol. The number of nitrogens with zero attached hydrogens (tertiary/aromatic N) is 1. The van der Waals surface area contributed by atoms with Gasteiger partial charge in [-0.15, -0.1) is 0 Å². The van der Waals surface area contributed by atoms with Gasteiger partial charge in [0.1, 0.15) is 5.75 Å². The molecule has 8 nitrogen and oxygen atoms in total. The lowest BCUT2D eigenvalue weighted by atomic mass is 9.82. The highest BCUT2D eigenvalue weighted by atomic mass is 16.3. The Morgan fingerprint density at radius 3 is 2.03 bits per heavy atom. The molecule has 2 aromatic rings. The molecule has 5 N–H and O–H groups in total. The van der Waals surface area contributed by atoms with Crippen LogP contribution in [0.15, 0.2) is 30.3 Å². The van der Waals surface area contributed by atoms with Gasteiger partial charge in [-0.3, -0.25) is 14.5 Å². The number of carbonyl (C=O) groups is 2. The molecule has 1 aliphatic rings. The maximum atomic E-state index is 12.8. The largest absolute Gasteiger partial charge is 0.507 e. The van der Waals surface area contributed by atoms with Crippen LogP contribution in [0.25, 0.3) is 0 Å². The van der Waals surface area contributed by atoms with Crippen LogP contribution in [0.4, 0.5) is 5.69 Å². The van der Waals surface area contributed by atoms with Crippen molar-refractivity contribution in [2.45, 2.75) is 6.42 Å². The fraction of sp³-hybridized carbons (Fsp3) is 0.333. The van der Waals surface area contributed by atoms with Crippen LogP contribution in [-0.4, -0.2) is 76.3 Å². The number of rotatable bonds is 9. The molecule has 0 saturated carbocycles. The lowest BCUT2D eigenvalue weighted by molar-refractivity contribution is 0.0974. The molecule has 0 fully saturated rings. The van der Waals surface area contributed by atoms with Gasteiger partial charge in [0, 0.05) is 36.8 Å². The number of benzene rings is 2. The van der Waals surface area contributed by atoms with Gasteiger partial charge < -0.3 is 25.7 Å². The molecule has 0 amide bonds. The molecular formula is C21H24N2O6. The topological polar surface area (TPSA) is 130 Å². The van der Waals surface area contributed by atoms with Crippen molar-refractivity contribution in [2.24, 2.45) is 0 Å². The monoisotopic (exact) mass is 400 g/mol. The number of anilines is 1. The quantitative estimate of drug-likeness (QED) is 0.204. The molecule has 1 aliphatic carbocycles. The van der Waals surface area contributed by atoms with Crippen LogP contribution in [0.3, 0.4) is 0 Å². The fourth-order valence-electron chi connectivity index (χ4n) is 3.54. The van der Waals surface area contributed by atoms with Crippen molar-refractivity contribution in [3.05, 3.63) is 52.6 Å². The SMILES string of the molecule is O=C1c2ccccc2C(=O)c2c(O)c(NCCCN(CCO)CCO)cc(O)c21. The molecule has 2 aromatic carbocycles. The lowest BCUT2D eigenvalue weighted by Crippen LogP contribution is -2.31. The van der Waals surface area contributed by atoms with E-state index in [1.807, 2.05) is 4.90 Å². The van der Waals surface area contributed by atoms with E-state index >= 15 is 0 Å². The highest BCUT2D eigenvalue weighted by Gasteiger charge is 2.35. The Hall–Kier alpha value is -2.94. The second-order valence-corrected chi connectivity index (χ2v) is 6.81. The van der Waals surface area contributed by atoms with Gasteiger partial charge in [0.05, 0.1) is 30.0 Å². The van der Waals surface area contributed by atoms with Gasteiger partial charge in [-0.25, -0.2) is 0 Å². The summed E-state index contributed by atoms with van der Waals surface area (Å²) in [5.74, 6) is -1.74. The summed E-state index contributed by atoms with van der Waals surface area (Å²) in [6.07, 6.45) is 0.632. The molecule has 0 aliphatic heterocycles. The number of phenols is 2. The molecule has 0 heterocycles. The number of phenolic OH excluding ortho intramolecular Hbond substituents is 2. The van der Waals surface area contributed by atoms with Crippen molar-refractivity contribution in [3.8, 4) is 11.5 Å². The number of fused-ring (bicyclic) bond motifs is 2. The van der Waals surface area contributed by atoms with Gasteiger partial charge in [0.25, 0.3) is 0 Å². The Kier molecular flexibility index (Phi) is 6.48. The Morgan fingerprint density at radius 2 is 1.45 bits per heavy atom. The van der Waals surface area contributed by atoms with Crippen molar-refractivity contribution in [1.82, 2.24) is 4.90 Å². The van der Waals surface area contributed by atoms with Gasteiger partial charge in [-0.1, -0.05) is 24.3 Å². The van der Waals surface area contributed by atoms with Crippen LogP contribution in [0.2, 0.25) is 0 Å². The molecule has 0 unspecified atom stereocenters. The summed E-state index contributed by atoms with van der Waals surface area (Å²) in [4.78, 5) is 27.4. The number of hydrogen-bond donors (Lipinski definition) is 5. The van der Waals surface area contributed by atoms with Crippen molar-refractivity contribution in [1.29, 1.82) is 0 Å². The molecule has 3 rings (SSSR count). The first-order valence-electron chi connectivity index (χ1n) is 9.44. The van der Waals surface area contributed by atoms with E-state index in [2.05, 4.69) is 5.32 Å². The second kappa shape index (κ2) is 9.04. The fourth-order valence-corrected chi connectivity index (χ4v) is 3.54. The van der Waals surface area contributed by atoms with Gasteiger partial charge in [-0.2, -0.15) is 0 Å². The molecule has 0 radical (unpaired) electrons. The zero-order chi connectivity index (χ0) is 21.0. The van der Waals surface area contributed by atoms with Crippen LogP contribution in [0.5, 0.6) is 11.5 Å². The number of carbonyl (C=O) groups excluding carboxylic acids is 2. The maximum Gasteiger partial charge on any atom is 0.198 e. The second-order valence-electron chi connectivity index (χ2n) is 6.81. The highest BCUT2D eigenvalue weighted by molar-refractivity contribution is 6.30. The molecule has 8 heteroatoms. The van der Waals surface area contributed by atoms with E-state index in [9.17, 15) is 19.8 Å². The van der Waals surface area contributed by atoms with E-state index in [0.29, 0.717) is 32.6 Å². The summed E-state index contributed by atoms with van der Waals surface area (Å²) in [5, 5.41) is 42.0. The lowest BCUT2D eigenvalue weighted by Gasteiger charge is -2.22. The molecule has 0 spiro atoms. The Balaban J connectivity index is 1.79. The van der Waals surface area contributed by atoms with E-state index in [-0.39, 0.29) is 52.7 Å². The minimum Gasteiger partial charge on any atom is -0.507 e. The van der Waals surface area contributed by atoms with Crippen molar-refractivity contribution >= 4 is 17.3 Å². The first-order valence-corrected chi connectivity index (χ1v) is 9.44. The van der Waals surface area contributed by atoms with Crippen LogP contribution >= 0.6 is 0 Å². The molecule has 0 saturated heterocycles. The van der Waals surface area contributed by atoms with Crippen molar-refractivity contribution < 1.29 is 30.0 Å². The maximum absolute atomic E-state index is 12.8. The molecule has 154 valence electrons. The van der Waals surface area contributed by atoms with E-state index < -0.39 is 11.6 Å². The van der Waals surface area contributed by atoms with Crippen molar-refractivity contribution in [3.63, 3.8) is 0 Å². The predicted octanol–water partition coefficient (Wildman–Crippen LogP) is 0.962. The molecular weight excluding hydrogens is 376 g/mol. The molecule has 0 bridgehead atoms. The number of aliphatic hydroxyl groups is 2. The van der Waals surface area contributed by atoms with Crippen LogP contribution in [-0.2, 0) is 0 Å². The minimum atomic E-state index is -0.510. The standard InChI is InChI=1S/C21H24N2O6/c24-10-8-23(9-11-25)7-3-6-22-15-12-16(26)17-18(21(15)29)20(28)14-5-2-1-4-13(14)19(17)27/h1-2,4-5,12,22,24-26,29H,3,6-11H2. The van der Waals surface area contributed by atoms with Crippen molar-refractivity contribution in [2.75, 3.05) is 44.7 Å². The van der Waals surface area contributed by atoms with Gasteiger partial charge in [0.15, 0.2) is 17.3 Å².